The molecule has 0 aliphatic heterocycles. The molecule has 1 aromatic rings. The van der Waals surface area contributed by atoms with Crippen LogP contribution in [0.1, 0.15) is 44.1 Å². The molecule has 0 unspecified atom stereocenters. The zero-order valence-electron chi connectivity index (χ0n) is 11.6. The molecule has 0 radical (unpaired) electrons. The van der Waals surface area contributed by atoms with Crippen molar-refractivity contribution in [2.24, 2.45) is 0 Å². The lowest BCUT2D eigenvalue weighted by Gasteiger charge is -2.16. The summed E-state index contributed by atoms with van der Waals surface area (Å²) in [5, 5.41) is 0. The topological polar surface area (TPSA) is 46.2 Å². The summed E-state index contributed by atoms with van der Waals surface area (Å²) in [5.41, 5.74) is 1.06. The highest BCUT2D eigenvalue weighted by Gasteiger charge is 2.20. The number of halogens is 1. The van der Waals surface area contributed by atoms with Crippen molar-refractivity contribution >= 4 is 21.6 Å². The van der Waals surface area contributed by atoms with Crippen LogP contribution in [-0.2, 0) is 16.4 Å². The predicted octanol–water partition coefficient (Wildman–Crippen LogP) is 3.47. The van der Waals surface area contributed by atoms with Gasteiger partial charge in [0.05, 0.1) is 4.90 Å². The monoisotopic (exact) mass is 315 g/mol. The van der Waals surface area contributed by atoms with Gasteiger partial charge in [0, 0.05) is 11.9 Å². The average Bonchev–Trinajstić information content (AvgIpc) is 2.68. The summed E-state index contributed by atoms with van der Waals surface area (Å²) in [5.74, 6) is 0.548. The molecule has 3 nitrogen and oxygen atoms in total. The van der Waals surface area contributed by atoms with Gasteiger partial charge in [-0.05, 0) is 37.0 Å². The quantitative estimate of drug-likeness (QED) is 0.668. The van der Waals surface area contributed by atoms with Gasteiger partial charge in [0.25, 0.3) is 0 Å². The largest absolute Gasteiger partial charge is 0.240 e. The first kappa shape index (κ1) is 15.8. The number of hydrogen-bond acceptors (Lipinski definition) is 2. The zero-order chi connectivity index (χ0) is 14.4. The first-order valence-corrected chi connectivity index (χ1v) is 9.31. The van der Waals surface area contributed by atoms with E-state index in [1.807, 2.05) is 12.1 Å². The van der Waals surface area contributed by atoms with Crippen LogP contribution in [0.15, 0.2) is 29.2 Å². The van der Waals surface area contributed by atoms with Gasteiger partial charge in [0.2, 0.25) is 10.0 Å². The molecule has 5 heteroatoms. The van der Waals surface area contributed by atoms with Gasteiger partial charge in [-0.25, -0.2) is 13.1 Å². The second kappa shape index (κ2) is 7.43. The van der Waals surface area contributed by atoms with E-state index in [4.69, 9.17) is 11.6 Å². The lowest BCUT2D eigenvalue weighted by atomic mass is 10.1. The fraction of sp³-hybridized carbons (Fsp3) is 0.600. The third-order valence-electron chi connectivity index (χ3n) is 3.79. The average molecular weight is 316 g/mol. The summed E-state index contributed by atoms with van der Waals surface area (Å²) in [6, 6.07) is 7.10. The molecule has 0 heterocycles. The molecular weight excluding hydrogens is 294 g/mol. The molecule has 0 bridgehead atoms. The maximum atomic E-state index is 12.3. The molecule has 0 spiro atoms. The first-order chi connectivity index (χ1) is 9.62. The van der Waals surface area contributed by atoms with Crippen LogP contribution < -0.4 is 4.72 Å². The minimum Gasteiger partial charge on any atom is -0.208 e. The van der Waals surface area contributed by atoms with E-state index in [0.29, 0.717) is 10.8 Å². The van der Waals surface area contributed by atoms with Crippen molar-refractivity contribution in [1.82, 2.24) is 4.72 Å². The van der Waals surface area contributed by atoms with Crippen LogP contribution in [0.5, 0.6) is 0 Å². The van der Waals surface area contributed by atoms with Crippen molar-refractivity contribution in [3.05, 3.63) is 29.8 Å². The smallest absolute Gasteiger partial charge is 0.208 e. The molecule has 1 aliphatic carbocycles. The number of aryl methyl sites for hydroxylation is 1. The fourth-order valence-electron chi connectivity index (χ4n) is 2.63. The molecular formula is C15H22ClNO2S. The Balaban J connectivity index is 2.05. The molecule has 0 atom stereocenters. The molecule has 1 aliphatic rings. The van der Waals surface area contributed by atoms with Gasteiger partial charge in [0.1, 0.15) is 0 Å². The summed E-state index contributed by atoms with van der Waals surface area (Å²) < 4.78 is 27.5. The zero-order valence-corrected chi connectivity index (χ0v) is 13.2. The van der Waals surface area contributed by atoms with Gasteiger partial charge in [-0.2, -0.15) is 0 Å². The van der Waals surface area contributed by atoms with E-state index in [2.05, 4.69) is 4.72 Å². The maximum Gasteiger partial charge on any atom is 0.240 e. The molecule has 112 valence electrons. The van der Waals surface area contributed by atoms with Crippen molar-refractivity contribution < 1.29 is 8.42 Å². The van der Waals surface area contributed by atoms with Crippen molar-refractivity contribution in [3.63, 3.8) is 0 Å². The molecule has 1 saturated carbocycles. The number of benzene rings is 1. The number of sulfonamides is 1. The third kappa shape index (κ3) is 4.47. The van der Waals surface area contributed by atoms with Crippen molar-refractivity contribution in [3.8, 4) is 0 Å². The minimum atomic E-state index is -3.39. The van der Waals surface area contributed by atoms with E-state index < -0.39 is 10.0 Å². The Hall–Kier alpha value is -0.580. The highest BCUT2D eigenvalue weighted by molar-refractivity contribution is 7.89. The van der Waals surface area contributed by atoms with Crippen LogP contribution in [0.25, 0.3) is 0 Å². The Morgan fingerprint density at radius 3 is 2.20 bits per heavy atom. The molecule has 1 aromatic carbocycles. The summed E-state index contributed by atoms with van der Waals surface area (Å²) in [6.45, 7) is 0. The van der Waals surface area contributed by atoms with Gasteiger partial charge >= 0.3 is 0 Å². The fourth-order valence-corrected chi connectivity index (χ4v) is 4.15. The first-order valence-electron chi connectivity index (χ1n) is 7.29. The Bertz CT molecular complexity index is 505. The molecule has 0 saturated heterocycles. The van der Waals surface area contributed by atoms with Crippen molar-refractivity contribution in [2.45, 2.75) is 55.9 Å². The maximum absolute atomic E-state index is 12.3. The van der Waals surface area contributed by atoms with E-state index in [1.54, 1.807) is 12.1 Å². The Kier molecular flexibility index (Phi) is 5.87. The van der Waals surface area contributed by atoms with Crippen LogP contribution in [0.4, 0.5) is 0 Å². The van der Waals surface area contributed by atoms with Crippen LogP contribution in [0.3, 0.4) is 0 Å². The van der Waals surface area contributed by atoms with Crippen molar-refractivity contribution in [2.75, 3.05) is 5.88 Å². The predicted molar refractivity (Wildman–Crippen MR) is 82.7 cm³/mol. The van der Waals surface area contributed by atoms with Gasteiger partial charge in [-0.3, -0.25) is 0 Å². The van der Waals surface area contributed by atoms with Crippen LogP contribution in [0, 0.1) is 0 Å². The van der Waals surface area contributed by atoms with E-state index in [1.165, 1.54) is 12.8 Å². The van der Waals surface area contributed by atoms with E-state index in [0.717, 1.165) is 37.7 Å². The minimum absolute atomic E-state index is 0.0880. The molecule has 20 heavy (non-hydrogen) atoms. The highest BCUT2D eigenvalue weighted by Crippen LogP contribution is 2.20. The summed E-state index contributed by atoms with van der Waals surface area (Å²) >= 11 is 5.68. The number of rotatable bonds is 5. The lowest BCUT2D eigenvalue weighted by Crippen LogP contribution is -2.34. The Morgan fingerprint density at radius 1 is 1.05 bits per heavy atom. The van der Waals surface area contributed by atoms with Crippen LogP contribution in [-0.4, -0.2) is 20.3 Å². The second-order valence-electron chi connectivity index (χ2n) is 5.39. The highest BCUT2D eigenvalue weighted by atomic mass is 35.5. The second-order valence-corrected chi connectivity index (χ2v) is 7.48. The summed E-state index contributed by atoms with van der Waals surface area (Å²) in [7, 11) is -3.39. The molecule has 0 amide bonds. The number of alkyl halides is 1. The molecule has 1 N–H and O–H groups in total. The number of hydrogen-bond donors (Lipinski definition) is 1. The van der Waals surface area contributed by atoms with E-state index >= 15 is 0 Å². The van der Waals surface area contributed by atoms with Crippen LogP contribution >= 0.6 is 11.6 Å². The standard InChI is InChI=1S/C15H22ClNO2S/c16-12-11-13-7-9-15(10-8-13)20(18,19)17-14-5-3-1-2-4-6-14/h7-10,14,17H,1-6,11-12H2. The molecule has 1 fully saturated rings. The van der Waals surface area contributed by atoms with Gasteiger partial charge < -0.3 is 0 Å². The van der Waals surface area contributed by atoms with Gasteiger partial charge in [0.15, 0.2) is 0 Å². The van der Waals surface area contributed by atoms with Gasteiger partial charge in [-0.1, -0.05) is 37.8 Å². The lowest BCUT2D eigenvalue weighted by molar-refractivity contribution is 0.510. The Labute approximate surface area is 126 Å². The SMILES string of the molecule is O=S(=O)(NC1CCCCCC1)c1ccc(CCCl)cc1. The van der Waals surface area contributed by atoms with Gasteiger partial charge in [-0.15, -0.1) is 11.6 Å². The number of nitrogens with one attached hydrogen (secondary N) is 1. The summed E-state index contributed by atoms with van der Waals surface area (Å²) in [6.07, 6.45) is 7.31. The Morgan fingerprint density at radius 2 is 1.65 bits per heavy atom. The van der Waals surface area contributed by atoms with Crippen LogP contribution in [0.2, 0.25) is 0 Å². The normalized spacial score (nSPS) is 17.9. The molecule has 0 aromatic heterocycles. The van der Waals surface area contributed by atoms with Crippen molar-refractivity contribution in [1.29, 1.82) is 0 Å². The summed E-state index contributed by atoms with van der Waals surface area (Å²) in [4.78, 5) is 0.347. The van der Waals surface area contributed by atoms with E-state index in [9.17, 15) is 8.42 Å². The molecule has 2 rings (SSSR count). The van der Waals surface area contributed by atoms with E-state index in [-0.39, 0.29) is 6.04 Å². The third-order valence-corrected chi connectivity index (χ3v) is 5.52.